The highest BCUT2D eigenvalue weighted by Crippen LogP contribution is 2.23. The van der Waals surface area contributed by atoms with Crippen molar-refractivity contribution in [2.24, 2.45) is 7.05 Å². The number of anilines is 1. The largest absolute Gasteiger partial charge is 0.378 e. The molecule has 2 fully saturated rings. The van der Waals surface area contributed by atoms with Gasteiger partial charge in [0.05, 0.1) is 25.7 Å². The molecule has 0 saturated carbocycles. The molecule has 2 aliphatic rings. The molecule has 1 unspecified atom stereocenters. The molecule has 142 valence electrons. The highest BCUT2D eigenvalue weighted by Gasteiger charge is 2.21. The zero-order chi connectivity index (χ0) is 16.8. The van der Waals surface area contributed by atoms with E-state index in [1.807, 2.05) is 0 Å². The van der Waals surface area contributed by atoms with Crippen molar-refractivity contribution in [2.45, 2.75) is 44.1 Å². The van der Waals surface area contributed by atoms with Crippen molar-refractivity contribution in [2.75, 3.05) is 38.2 Å². The molecule has 25 heavy (non-hydrogen) atoms. The van der Waals surface area contributed by atoms with Crippen LogP contribution >= 0.6 is 12.4 Å². The molecule has 1 atom stereocenters. The lowest BCUT2D eigenvalue weighted by atomic mass is 9.98. The molecule has 9 heteroatoms. The second kappa shape index (κ2) is 10.1. The molecule has 0 bridgehead atoms. The Morgan fingerprint density at radius 2 is 2.20 bits per heavy atom. The fourth-order valence-electron chi connectivity index (χ4n) is 3.11. The maximum absolute atomic E-state index is 12.0. The van der Waals surface area contributed by atoms with Gasteiger partial charge in [0.25, 0.3) is 0 Å². The van der Waals surface area contributed by atoms with E-state index in [4.69, 9.17) is 9.47 Å². The van der Waals surface area contributed by atoms with Crippen LogP contribution in [0.5, 0.6) is 0 Å². The van der Waals surface area contributed by atoms with E-state index in [0.29, 0.717) is 31.5 Å². The average molecular weight is 374 g/mol. The molecule has 8 nitrogen and oxygen atoms in total. The molecule has 2 N–H and O–H groups in total. The van der Waals surface area contributed by atoms with E-state index in [-0.39, 0.29) is 24.4 Å². The van der Waals surface area contributed by atoms with Crippen molar-refractivity contribution < 1.29 is 14.3 Å². The van der Waals surface area contributed by atoms with E-state index >= 15 is 0 Å². The number of carbonyl (C=O) groups excluding carboxylic acids is 1. The number of piperidine rings is 1. The van der Waals surface area contributed by atoms with Crippen LogP contribution in [0.25, 0.3) is 0 Å². The van der Waals surface area contributed by atoms with Gasteiger partial charge in [-0.3, -0.25) is 10.1 Å². The molecule has 2 saturated heterocycles. The average Bonchev–Trinajstić information content (AvgIpc) is 3.23. The van der Waals surface area contributed by atoms with Gasteiger partial charge in [0.2, 0.25) is 11.9 Å². The summed E-state index contributed by atoms with van der Waals surface area (Å²) in [5.74, 6) is 1.60. The summed E-state index contributed by atoms with van der Waals surface area (Å²) in [5, 5.41) is 10.6. The Hall–Kier alpha value is -1.22. The van der Waals surface area contributed by atoms with E-state index in [0.717, 1.165) is 51.2 Å². The lowest BCUT2D eigenvalue weighted by molar-refractivity contribution is -0.117. The second-order valence-electron chi connectivity index (χ2n) is 6.45. The van der Waals surface area contributed by atoms with Crippen LogP contribution in [0.4, 0.5) is 5.95 Å². The molecular weight excluding hydrogens is 346 g/mol. The Bertz CT molecular complexity index is 542. The first-order valence-corrected chi connectivity index (χ1v) is 8.83. The fourth-order valence-corrected chi connectivity index (χ4v) is 3.11. The lowest BCUT2D eigenvalue weighted by Gasteiger charge is -2.19. The Labute approximate surface area is 154 Å². The van der Waals surface area contributed by atoms with Gasteiger partial charge in [-0.1, -0.05) is 0 Å². The molecule has 1 amide bonds. The molecule has 1 aromatic rings. The van der Waals surface area contributed by atoms with Crippen molar-refractivity contribution >= 4 is 24.3 Å². The Balaban J connectivity index is 0.00000225. The van der Waals surface area contributed by atoms with Gasteiger partial charge in [-0.25, -0.2) is 4.68 Å². The van der Waals surface area contributed by atoms with Crippen LogP contribution in [0.15, 0.2) is 0 Å². The summed E-state index contributed by atoms with van der Waals surface area (Å²) in [6.45, 7) is 3.77. The predicted octanol–water partition coefficient (Wildman–Crippen LogP) is 1.23. The summed E-state index contributed by atoms with van der Waals surface area (Å²) in [6, 6.07) is 0. The minimum atomic E-state index is -0.102. The van der Waals surface area contributed by atoms with Crippen molar-refractivity contribution in [3.05, 3.63) is 5.82 Å². The molecule has 0 aliphatic carbocycles. The summed E-state index contributed by atoms with van der Waals surface area (Å²) in [6.07, 6.45) is 4.72. The number of halogens is 1. The maximum Gasteiger partial charge on any atom is 0.229 e. The van der Waals surface area contributed by atoms with Crippen molar-refractivity contribution in [1.82, 2.24) is 20.1 Å². The van der Waals surface area contributed by atoms with Crippen LogP contribution in [-0.2, 0) is 21.3 Å². The SMILES string of the molecule is Cl.Cn1nc(C2CCNCC2)nc1NC(=O)CCOCC1CCCO1. The molecular formula is C16H28ClN5O3. The zero-order valence-electron chi connectivity index (χ0n) is 14.7. The third kappa shape index (κ3) is 5.91. The summed E-state index contributed by atoms with van der Waals surface area (Å²) in [7, 11) is 1.81. The monoisotopic (exact) mass is 373 g/mol. The van der Waals surface area contributed by atoms with E-state index in [2.05, 4.69) is 20.7 Å². The standard InChI is InChI=1S/C16H27N5O3.ClH/c1-21-16(19-15(20-21)12-4-7-17-8-5-12)18-14(22)6-10-23-11-13-3-2-9-24-13;/h12-13,17H,2-11H2,1H3,(H,18,19,20,22);1H. The summed E-state index contributed by atoms with van der Waals surface area (Å²) >= 11 is 0. The van der Waals surface area contributed by atoms with Gasteiger partial charge in [0, 0.05) is 19.6 Å². The van der Waals surface area contributed by atoms with Gasteiger partial charge >= 0.3 is 0 Å². The predicted molar refractivity (Wildman–Crippen MR) is 96.1 cm³/mol. The number of amides is 1. The maximum atomic E-state index is 12.0. The minimum Gasteiger partial charge on any atom is -0.378 e. The van der Waals surface area contributed by atoms with E-state index in [1.165, 1.54) is 0 Å². The van der Waals surface area contributed by atoms with Crippen molar-refractivity contribution in [3.63, 3.8) is 0 Å². The van der Waals surface area contributed by atoms with E-state index in [1.54, 1.807) is 11.7 Å². The van der Waals surface area contributed by atoms with Crippen LogP contribution in [0, 0.1) is 0 Å². The first kappa shape index (κ1) is 20.1. The van der Waals surface area contributed by atoms with Crippen LogP contribution in [0.1, 0.15) is 43.8 Å². The third-order valence-corrected chi connectivity index (χ3v) is 4.54. The highest BCUT2D eigenvalue weighted by molar-refractivity contribution is 5.89. The van der Waals surface area contributed by atoms with Crippen LogP contribution in [0.3, 0.4) is 0 Å². The van der Waals surface area contributed by atoms with Gasteiger partial charge in [-0.15, -0.1) is 12.4 Å². The molecule has 3 heterocycles. The van der Waals surface area contributed by atoms with Gasteiger partial charge in [-0.2, -0.15) is 10.1 Å². The zero-order valence-corrected chi connectivity index (χ0v) is 15.5. The lowest BCUT2D eigenvalue weighted by Crippen LogP contribution is -2.27. The van der Waals surface area contributed by atoms with Gasteiger partial charge in [0.15, 0.2) is 5.82 Å². The van der Waals surface area contributed by atoms with Crippen molar-refractivity contribution in [1.29, 1.82) is 0 Å². The number of nitrogens with one attached hydrogen (secondary N) is 2. The summed E-state index contributed by atoms with van der Waals surface area (Å²) < 4.78 is 12.6. The topological polar surface area (TPSA) is 90.3 Å². The Kier molecular flexibility index (Phi) is 8.08. The number of nitrogens with zero attached hydrogens (tertiary/aromatic N) is 3. The number of carbonyl (C=O) groups is 1. The second-order valence-corrected chi connectivity index (χ2v) is 6.45. The van der Waals surface area contributed by atoms with E-state index < -0.39 is 0 Å². The van der Waals surface area contributed by atoms with E-state index in [9.17, 15) is 4.79 Å². The molecule has 3 rings (SSSR count). The fraction of sp³-hybridized carbons (Fsp3) is 0.812. The number of hydrogen-bond donors (Lipinski definition) is 2. The van der Waals surface area contributed by atoms with Crippen LogP contribution in [-0.4, -0.2) is 59.7 Å². The van der Waals surface area contributed by atoms with Crippen LogP contribution in [0.2, 0.25) is 0 Å². The molecule has 0 spiro atoms. The first-order chi connectivity index (χ1) is 11.7. The summed E-state index contributed by atoms with van der Waals surface area (Å²) in [5.41, 5.74) is 0. The number of aromatic nitrogens is 3. The number of rotatable bonds is 7. The summed E-state index contributed by atoms with van der Waals surface area (Å²) in [4.78, 5) is 16.5. The highest BCUT2D eigenvalue weighted by atomic mass is 35.5. The molecule has 1 aromatic heterocycles. The van der Waals surface area contributed by atoms with Crippen molar-refractivity contribution in [3.8, 4) is 0 Å². The molecule has 2 aliphatic heterocycles. The number of aryl methyl sites for hydroxylation is 1. The molecule has 0 radical (unpaired) electrons. The minimum absolute atomic E-state index is 0. The van der Waals surface area contributed by atoms with Gasteiger partial charge in [-0.05, 0) is 38.8 Å². The van der Waals surface area contributed by atoms with Gasteiger partial charge < -0.3 is 14.8 Å². The van der Waals surface area contributed by atoms with Gasteiger partial charge in [0.1, 0.15) is 0 Å². The molecule has 0 aromatic carbocycles. The van der Waals surface area contributed by atoms with Crippen LogP contribution < -0.4 is 10.6 Å². The number of ether oxygens (including phenoxy) is 2. The first-order valence-electron chi connectivity index (χ1n) is 8.83. The third-order valence-electron chi connectivity index (χ3n) is 4.54. The number of hydrogen-bond acceptors (Lipinski definition) is 6. The Morgan fingerprint density at radius 1 is 1.40 bits per heavy atom. The Morgan fingerprint density at radius 3 is 2.92 bits per heavy atom. The normalized spacial score (nSPS) is 21.1. The smallest absolute Gasteiger partial charge is 0.229 e. The quantitative estimate of drug-likeness (QED) is 0.698.